The molecule has 2 aromatic rings. The minimum absolute atomic E-state index is 0.0349. The lowest BCUT2D eigenvalue weighted by Gasteiger charge is -2.09. The lowest BCUT2D eigenvalue weighted by Crippen LogP contribution is -2.02. The Hall–Kier alpha value is -2.84. The number of halogens is 2. The van der Waals surface area contributed by atoms with Gasteiger partial charge in [-0.05, 0) is 29.8 Å². The van der Waals surface area contributed by atoms with Crippen LogP contribution in [0, 0.1) is 17.1 Å². The van der Waals surface area contributed by atoms with E-state index < -0.39 is 5.97 Å². The van der Waals surface area contributed by atoms with Gasteiger partial charge < -0.3 is 9.47 Å². The van der Waals surface area contributed by atoms with Gasteiger partial charge in [-0.15, -0.1) is 0 Å². The molecule has 2 aromatic carbocycles. The first-order valence-electron chi connectivity index (χ1n) is 6.91. The molecule has 0 N–H and O–H groups in total. The summed E-state index contributed by atoms with van der Waals surface area (Å²) in [5.41, 5.74) is 0.809. The molecule has 4 nitrogen and oxygen atoms in total. The van der Waals surface area contributed by atoms with Gasteiger partial charge in [0, 0.05) is 5.56 Å². The van der Waals surface area contributed by atoms with Crippen molar-refractivity contribution in [1.82, 2.24) is 0 Å². The molecule has 2 rings (SSSR count). The lowest BCUT2D eigenvalue weighted by molar-refractivity contribution is -0.135. The summed E-state index contributed by atoms with van der Waals surface area (Å²) in [6, 6.07) is 12.8. The molecule has 0 spiro atoms. The summed E-state index contributed by atoms with van der Waals surface area (Å²) < 4.78 is 23.6. The lowest BCUT2D eigenvalue weighted by atomic mass is 10.1. The van der Waals surface area contributed by atoms with Crippen LogP contribution in [0.3, 0.4) is 0 Å². The molecule has 0 atom stereocenters. The summed E-state index contributed by atoms with van der Waals surface area (Å²) in [5.74, 6) is -0.716. The quantitative estimate of drug-likeness (QED) is 0.464. The van der Waals surface area contributed by atoms with Gasteiger partial charge in [-0.1, -0.05) is 35.9 Å². The predicted octanol–water partition coefficient (Wildman–Crippen LogP) is 4.14. The van der Waals surface area contributed by atoms with Crippen LogP contribution in [0.1, 0.15) is 11.1 Å². The SMILES string of the molecule is COC(=O)C(C#N)=Cc1ccc(OCc2ccccc2F)c(Cl)c1. The van der Waals surface area contributed by atoms with Gasteiger partial charge >= 0.3 is 5.97 Å². The molecular formula is C18H13ClFNO3. The average molecular weight is 346 g/mol. The van der Waals surface area contributed by atoms with Crippen LogP contribution in [0.25, 0.3) is 6.08 Å². The van der Waals surface area contributed by atoms with Crippen molar-refractivity contribution in [2.75, 3.05) is 7.11 Å². The van der Waals surface area contributed by atoms with Gasteiger partial charge in [0.2, 0.25) is 0 Å². The molecule has 0 aliphatic carbocycles. The molecule has 0 heterocycles. The Morgan fingerprint density at radius 3 is 2.71 bits per heavy atom. The van der Waals surface area contributed by atoms with E-state index in [2.05, 4.69) is 4.74 Å². The maximum Gasteiger partial charge on any atom is 0.348 e. The molecule has 0 aromatic heterocycles. The number of rotatable bonds is 5. The second-order valence-electron chi connectivity index (χ2n) is 4.73. The third-order valence-corrected chi connectivity index (χ3v) is 3.43. The third kappa shape index (κ3) is 4.34. The van der Waals surface area contributed by atoms with Crippen molar-refractivity contribution in [3.05, 3.63) is 70.0 Å². The molecule has 0 saturated heterocycles. The van der Waals surface area contributed by atoms with Crippen LogP contribution < -0.4 is 4.74 Å². The first-order chi connectivity index (χ1) is 11.5. The van der Waals surface area contributed by atoms with E-state index in [1.54, 1.807) is 42.5 Å². The molecule has 122 valence electrons. The summed E-state index contributed by atoms with van der Waals surface area (Å²) in [6.07, 6.45) is 1.36. The zero-order valence-electron chi connectivity index (χ0n) is 12.8. The van der Waals surface area contributed by atoms with E-state index in [1.807, 2.05) is 0 Å². The van der Waals surface area contributed by atoms with Gasteiger partial charge in [-0.2, -0.15) is 5.26 Å². The standard InChI is InChI=1S/C18H13ClFNO3/c1-23-18(22)14(10-21)8-12-6-7-17(15(19)9-12)24-11-13-4-2-3-5-16(13)20/h2-9H,11H2,1H3. The smallest absolute Gasteiger partial charge is 0.348 e. The molecule has 0 radical (unpaired) electrons. The highest BCUT2D eigenvalue weighted by molar-refractivity contribution is 6.32. The van der Waals surface area contributed by atoms with E-state index in [0.717, 1.165) is 0 Å². The minimum atomic E-state index is -0.728. The molecule has 24 heavy (non-hydrogen) atoms. The number of nitriles is 1. The summed E-state index contributed by atoms with van der Waals surface area (Å²) in [5, 5.41) is 9.22. The number of hydrogen-bond donors (Lipinski definition) is 0. The highest BCUT2D eigenvalue weighted by atomic mass is 35.5. The number of carbonyl (C=O) groups excluding carboxylic acids is 1. The van der Waals surface area contributed by atoms with Crippen LogP contribution >= 0.6 is 11.6 Å². The highest BCUT2D eigenvalue weighted by Gasteiger charge is 2.10. The largest absolute Gasteiger partial charge is 0.487 e. The van der Waals surface area contributed by atoms with Crippen molar-refractivity contribution in [3.8, 4) is 11.8 Å². The number of nitrogens with zero attached hydrogens (tertiary/aromatic N) is 1. The van der Waals surface area contributed by atoms with Crippen molar-refractivity contribution >= 4 is 23.6 Å². The van der Waals surface area contributed by atoms with E-state index in [-0.39, 0.29) is 23.0 Å². The zero-order valence-corrected chi connectivity index (χ0v) is 13.5. The van der Waals surface area contributed by atoms with Gasteiger partial charge in [-0.3, -0.25) is 0 Å². The average Bonchev–Trinajstić information content (AvgIpc) is 2.59. The number of methoxy groups -OCH3 is 1. The van der Waals surface area contributed by atoms with Crippen molar-refractivity contribution in [2.24, 2.45) is 0 Å². The summed E-state index contributed by atoms with van der Waals surface area (Å²) >= 11 is 6.13. The highest BCUT2D eigenvalue weighted by Crippen LogP contribution is 2.27. The van der Waals surface area contributed by atoms with Gasteiger partial charge in [0.1, 0.15) is 29.8 Å². The summed E-state index contributed by atoms with van der Waals surface area (Å²) in [4.78, 5) is 11.4. The van der Waals surface area contributed by atoms with E-state index in [9.17, 15) is 9.18 Å². The predicted molar refractivity (Wildman–Crippen MR) is 87.8 cm³/mol. The van der Waals surface area contributed by atoms with Crippen molar-refractivity contribution in [2.45, 2.75) is 6.61 Å². The van der Waals surface area contributed by atoms with Crippen LogP contribution in [-0.4, -0.2) is 13.1 Å². The molecule has 0 aliphatic rings. The van der Waals surface area contributed by atoms with Crippen LogP contribution in [-0.2, 0) is 16.1 Å². The topological polar surface area (TPSA) is 59.3 Å². The van der Waals surface area contributed by atoms with Crippen LogP contribution in [0.2, 0.25) is 5.02 Å². The van der Waals surface area contributed by atoms with E-state index in [0.29, 0.717) is 16.9 Å². The second-order valence-corrected chi connectivity index (χ2v) is 5.14. The van der Waals surface area contributed by atoms with Crippen LogP contribution in [0.4, 0.5) is 4.39 Å². The Labute approximate surface area is 143 Å². The number of benzene rings is 2. The maximum atomic E-state index is 13.6. The van der Waals surface area contributed by atoms with Crippen LogP contribution in [0.15, 0.2) is 48.0 Å². The number of esters is 1. The molecular weight excluding hydrogens is 333 g/mol. The van der Waals surface area contributed by atoms with Gasteiger partial charge in [0.15, 0.2) is 0 Å². The minimum Gasteiger partial charge on any atom is -0.487 e. The zero-order chi connectivity index (χ0) is 17.5. The summed E-state index contributed by atoms with van der Waals surface area (Å²) in [7, 11) is 1.19. The van der Waals surface area contributed by atoms with E-state index in [4.69, 9.17) is 21.6 Å². The van der Waals surface area contributed by atoms with Crippen molar-refractivity contribution in [1.29, 1.82) is 5.26 Å². The Morgan fingerprint density at radius 1 is 1.33 bits per heavy atom. The molecule has 6 heteroatoms. The second kappa shape index (κ2) is 8.14. The van der Waals surface area contributed by atoms with Crippen LogP contribution in [0.5, 0.6) is 5.75 Å². The van der Waals surface area contributed by atoms with E-state index in [1.165, 1.54) is 19.3 Å². The van der Waals surface area contributed by atoms with Crippen molar-refractivity contribution < 1.29 is 18.7 Å². The Bertz CT molecular complexity index is 827. The molecule has 0 aliphatic heterocycles. The fourth-order valence-electron chi connectivity index (χ4n) is 1.91. The third-order valence-electron chi connectivity index (χ3n) is 3.13. The molecule has 0 unspecified atom stereocenters. The molecule has 0 bridgehead atoms. The normalized spacial score (nSPS) is 10.8. The number of ether oxygens (including phenoxy) is 2. The van der Waals surface area contributed by atoms with Gasteiger partial charge in [-0.25, -0.2) is 9.18 Å². The Kier molecular flexibility index (Phi) is 5.94. The number of carbonyl (C=O) groups is 1. The first kappa shape index (κ1) is 17.5. The van der Waals surface area contributed by atoms with E-state index >= 15 is 0 Å². The molecule has 0 saturated carbocycles. The first-order valence-corrected chi connectivity index (χ1v) is 7.29. The Morgan fingerprint density at radius 2 is 2.08 bits per heavy atom. The fourth-order valence-corrected chi connectivity index (χ4v) is 2.15. The molecule has 0 fully saturated rings. The Balaban J connectivity index is 2.15. The fraction of sp³-hybridized carbons (Fsp3) is 0.111. The number of hydrogen-bond acceptors (Lipinski definition) is 4. The van der Waals surface area contributed by atoms with Gasteiger partial charge in [0.05, 0.1) is 12.1 Å². The maximum absolute atomic E-state index is 13.6. The van der Waals surface area contributed by atoms with Gasteiger partial charge in [0.25, 0.3) is 0 Å². The monoisotopic (exact) mass is 345 g/mol. The summed E-state index contributed by atoms with van der Waals surface area (Å²) in [6.45, 7) is 0.0349. The molecule has 0 amide bonds. The van der Waals surface area contributed by atoms with Crippen molar-refractivity contribution in [3.63, 3.8) is 0 Å².